The molecule has 0 aromatic rings. The van der Waals surface area contributed by atoms with Crippen LogP contribution in [0.4, 0.5) is 0 Å². The van der Waals surface area contributed by atoms with Crippen LogP contribution in [-0.4, -0.2) is 30.6 Å². The van der Waals surface area contributed by atoms with E-state index in [-0.39, 0.29) is 12.6 Å². The topological polar surface area (TPSA) is 29.5 Å². The molecule has 0 atom stereocenters. The Bertz CT molecular complexity index is 246. The molecular weight excluding hydrogens is 190 g/mol. The number of hydrogen-bond acceptors (Lipinski definition) is 3. The van der Waals surface area contributed by atoms with Crippen molar-refractivity contribution >= 4 is 5.97 Å². The van der Waals surface area contributed by atoms with E-state index in [1.54, 1.807) is 18.4 Å². The summed E-state index contributed by atoms with van der Waals surface area (Å²) in [5.41, 5.74) is 0. The van der Waals surface area contributed by atoms with Gasteiger partial charge in [0.1, 0.15) is 6.61 Å². The zero-order valence-corrected chi connectivity index (χ0v) is 8.89. The molecule has 0 aromatic carbocycles. The first-order chi connectivity index (χ1) is 7.24. The van der Waals surface area contributed by atoms with Crippen LogP contribution < -0.4 is 0 Å². The quantitative estimate of drug-likeness (QED) is 0.346. The first kappa shape index (κ1) is 13.2. The second kappa shape index (κ2) is 8.81. The Balaban J connectivity index is 4.06. The second-order valence-corrected chi connectivity index (χ2v) is 2.77. The van der Waals surface area contributed by atoms with Gasteiger partial charge in [0.2, 0.25) is 0 Å². The van der Waals surface area contributed by atoms with E-state index in [0.717, 1.165) is 0 Å². The molecule has 0 radical (unpaired) electrons. The zero-order valence-electron chi connectivity index (χ0n) is 8.89. The molecule has 0 aliphatic rings. The number of nitrogens with zero attached hydrogens (tertiary/aromatic N) is 1. The fourth-order valence-electron chi connectivity index (χ4n) is 0.883. The first-order valence-electron chi connectivity index (χ1n) is 4.66. The molecule has 0 aromatic heterocycles. The van der Waals surface area contributed by atoms with Crippen LogP contribution in [0.2, 0.25) is 0 Å². The van der Waals surface area contributed by atoms with Gasteiger partial charge < -0.3 is 9.64 Å². The Hall–Kier alpha value is -1.77. The number of esters is 1. The number of ether oxygens (including phenoxy) is 1. The molecule has 0 saturated heterocycles. The maximum absolute atomic E-state index is 11.1. The minimum Gasteiger partial charge on any atom is -0.458 e. The number of rotatable bonds is 8. The summed E-state index contributed by atoms with van der Waals surface area (Å²) in [5.74, 6) is -0.381. The van der Waals surface area contributed by atoms with Crippen LogP contribution >= 0.6 is 0 Å². The summed E-state index contributed by atoms with van der Waals surface area (Å²) in [6, 6.07) is 0. The molecule has 0 rings (SSSR count). The lowest BCUT2D eigenvalue weighted by molar-refractivity contribution is -0.136. The lowest BCUT2D eigenvalue weighted by atomic mass is 10.4. The van der Waals surface area contributed by atoms with Gasteiger partial charge in [0, 0.05) is 25.4 Å². The van der Waals surface area contributed by atoms with Gasteiger partial charge in [-0.3, -0.25) is 0 Å². The summed E-state index contributed by atoms with van der Waals surface area (Å²) in [7, 11) is 0. The molecule has 0 N–H and O–H groups in total. The lowest BCUT2D eigenvalue weighted by Crippen LogP contribution is -2.17. The first-order valence-corrected chi connectivity index (χ1v) is 4.66. The van der Waals surface area contributed by atoms with Gasteiger partial charge in [-0.2, -0.15) is 0 Å². The third-order valence-electron chi connectivity index (χ3n) is 1.49. The fourth-order valence-corrected chi connectivity index (χ4v) is 0.883. The molecule has 15 heavy (non-hydrogen) atoms. The Morgan fingerprint density at radius 1 is 1.13 bits per heavy atom. The SMILES string of the molecule is C=CCOC(=O)C=CN(CC=C)CC=C. The largest absolute Gasteiger partial charge is 0.458 e. The van der Waals surface area contributed by atoms with Crippen molar-refractivity contribution < 1.29 is 9.53 Å². The van der Waals surface area contributed by atoms with Gasteiger partial charge in [0.15, 0.2) is 0 Å². The predicted octanol–water partition coefficient (Wildman–Crippen LogP) is 1.90. The van der Waals surface area contributed by atoms with Crippen molar-refractivity contribution in [2.45, 2.75) is 0 Å². The monoisotopic (exact) mass is 207 g/mol. The van der Waals surface area contributed by atoms with Crippen LogP contribution in [0.15, 0.2) is 50.2 Å². The lowest BCUT2D eigenvalue weighted by Gasteiger charge is -2.15. The van der Waals surface area contributed by atoms with Gasteiger partial charge in [-0.25, -0.2) is 4.79 Å². The highest BCUT2D eigenvalue weighted by Gasteiger charge is 1.96. The third kappa shape index (κ3) is 7.31. The van der Waals surface area contributed by atoms with E-state index in [4.69, 9.17) is 4.74 Å². The van der Waals surface area contributed by atoms with Gasteiger partial charge in [0.25, 0.3) is 0 Å². The Kier molecular flexibility index (Phi) is 7.77. The Labute approximate surface area is 91.0 Å². The van der Waals surface area contributed by atoms with E-state index >= 15 is 0 Å². The molecule has 82 valence electrons. The molecule has 0 aliphatic heterocycles. The molecule has 0 fully saturated rings. The van der Waals surface area contributed by atoms with E-state index in [2.05, 4.69) is 19.7 Å². The van der Waals surface area contributed by atoms with Crippen molar-refractivity contribution in [3.05, 3.63) is 50.2 Å². The Morgan fingerprint density at radius 3 is 2.20 bits per heavy atom. The summed E-state index contributed by atoms with van der Waals surface area (Å²) >= 11 is 0. The summed E-state index contributed by atoms with van der Waals surface area (Å²) in [6.45, 7) is 12.2. The Morgan fingerprint density at radius 2 is 1.73 bits per heavy atom. The van der Waals surface area contributed by atoms with Crippen LogP contribution in [0.25, 0.3) is 0 Å². The zero-order chi connectivity index (χ0) is 11.5. The summed E-state index contributed by atoms with van der Waals surface area (Å²) < 4.78 is 4.78. The maximum Gasteiger partial charge on any atom is 0.332 e. The molecule has 0 unspecified atom stereocenters. The van der Waals surface area contributed by atoms with Crippen molar-refractivity contribution in [2.75, 3.05) is 19.7 Å². The van der Waals surface area contributed by atoms with Gasteiger partial charge in [-0.15, -0.1) is 13.2 Å². The molecule has 3 nitrogen and oxygen atoms in total. The highest BCUT2D eigenvalue weighted by Crippen LogP contribution is 1.92. The molecule has 0 amide bonds. The number of hydrogen-bond donors (Lipinski definition) is 0. The highest BCUT2D eigenvalue weighted by molar-refractivity contribution is 5.81. The molecule has 0 heterocycles. The van der Waals surface area contributed by atoms with E-state index in [0.29, 0.717) is 13.1 Å². The molecular formula is C12H17NO2. The molecule has 0 aliphatic carbocycles. The van der Waals surface area contributed by atoms with Crippen molar-refractivity contribution in [2.24, 2.45) is 0 Å². The summed E-state index contributed by atoms with van der Waals surface area (Å²) in [5, 5.41) is 0. The molecule has 0 saturated carbocycles. The maximum atomic E-state index is 11.1. The van der Waals surface area contributed by atoms with Crippen molar-refractivity contribution in [1.82, 2.24) is 4.90 Å². The van der Waals surface area contributed by atoms with Crippen LogP contribution in [0.1, 0.15) is 0 Å². The van der Waals surface area contributed by atoms with E-state index in [9.17, 15) is 4.79 Å². The smallest absolute Gasteiger partial charge is 0.332 e. The fraction of sp³-hybridized carbons (Fsp3) is 0.250. The molecule has 3 heteroatoms. The van der Waals surface area contributed by atoms with Crippen LogP contribution in [0, 0.1) is 0 Å². The summed E-state index contributed by atoms with van der Waals surface area (Å²) in [4.78, 5) is 13.0. The van der Waals surface area contributed by atoms with E-state index < -0.39 is 0 Å². The molecule has 0 spiro atoms. The number of carbonyl (C=O) groups is 1. The third-order valence-corrected chi connectivity index (χ3v) is 1.49. The predicted molar refractivity (Wildman–Crippen MR) is 62.3 cm³/mol. The minimum atomic E-state index is -0.381. The van der Waals surface area contributed by atoms with Crippen molar-refractivity contribution in [1.29, 1.82) is 0 Å². The molecule has 0 bridgehead atoms. The minimum absolute atomic E-state index is 0.228. The van der Waals surface area contributed by atoms with Crippen LogP contribution in [-0.2, 0) is 9.53 Å². The van der Waals surface area contributed by atoms with Gasteiger partial charge in [-0.1, -0.05) is 24.8 Å². The van der Waals surface area contributed by atoms with Crippen molar-refractivity contribution in [3.63, 3.8) is 0 Å². The average Bonchev–Trinajstić information content (AvgIpc) is 2.23. The number of carbonyl (C=O) groups excluding carboxylic acids is 1. The van der Waals surface area contributed by atoms with Crippen LogP contribution in [0.3, 0.4) is 0 Å². The summed E-state index contributed by atoms with van der Waals surface area (Å²) in [6.07, 6.45) is 8.06. The van der Waals surface area contributed by atoms with Crippen LogP contribution in [0.5, 0.6) is 0 Å². The van der Waals surface area contributed by atoms with Gasteiger partial charge >= 0.3 is 5.97 Å². The van der Waals surface area contributed by atoms with Gasteiger partial charge in [0.05, 0.1) is 0 Å². The van der Waals surface area contributed by atoms with E-state index in [1.165, 1.54) is 12.2 Å². The second-order valence-electron chi connectivity index (χ2n) is 2.77. The normalized spacial score (nSPS) is 9.60. The average molecular weight is 207 g/mol. The highest BCUT2D eigenvalue weighted by atomic mass is 16.5. The van der Waals surface area contributed by atoms with Gasteiger partial charge in [-0.05, 0) is 0 Å². The standard InChI is InChI=1S/C12H17NO2/c1-4-8-13(9-5-2)10-7-12(14)15-11-6-3/h4-7,10H,1-3,8-9,11H2. The van der Waals surface area contributed by atoms with Crippen molar-refractivity contribution in [3.8, 4) is 0 Å². The van der Waals surface area contributed by atoms with E-state index in [1.807, 2.05) is 4.90 Å².